The molecule has 0 aromatic heterocycles. The first kappa shape index (κ1) is 13.5. The Hall–Kier alpha value is -1.98. The van der Waals surface area contributed by atoms with E-state index in [0.717, 1.165) is 24.6 Å². The van der Waals surface area contributed by atoms with Gasteiger partial charge in [-0.2, -0.15) is 0 Å². The maximum absolute atomic E-state index is 13.2. The molecule has 0 saturated heterocycles. The maximum atomic E-state index is 13.2. The third kappa shape index (κ3) is 3.49. The Morgan fingerprint density at radius 2 is 2.11 bits per heavy atom. The lowest BCUT2D eigenvalue weighted by atomic mass is 10.3. The van der Waals surface area contributed by atoms with Crippen LogP contribution >= 0.6 is 0 Å². The predicted octanol–water partition coefficient (Wildman–Crippen LogP) is 2.10. The van der Waals surface area contributed by atoms with Crippen LogP contribution in [0.25, 0.3) is 0 Å². The topological polar surface area (TPSA) is 55.4 Å². The van der Waals surface area contributed by atoms with Crippen molar-refractivity contribution in [1.82, 2.24) is 0 Å². The molecule has 0 aliphatic heterocycles. The zero-order valence-corrected chi connectivity index (χ0v) is 10.3. The van der Waals surface area contributed by atoms with Gasteiger partial charge in [0.15, 0.2) is 6.61 Å². The van der Waals surface area contributed by atoms with Crippen LogP contribution in [0, 0.1) is 23.5 Å². The molecule has 0 unspecified atom stereocenters. The number of anilines is 1. The molecule has 1 saturated carbocycles. The van der Waals surface area contributed by atoms with Gasteiger partial charge in [-0.25, -0.2) is 8.78 Å². The Kier molecular flexibility index (Phi) is 3.78. The van der Waals surface area contributed by atoms with E-state index in [0.29, 0.717) is 0 Å². The molecule has 1 aliphatic rings. The van der Waals surface area contributed by atoms with Crippen molar-refractivity contribution in [1.29, 1.82) is 0 Å². The van der Waals surface area contributed by atoms with Crippen molar-refractivity contribution < 1.29 is 23.1 Å². The van der Waals surface area contributed by atoms with E-state index in [1.807, 2.05) is 6.92 Å². The highest BCUT2D eigenvalue weighted by Crippen LogP contribution is 2.38. The van der Waals surface area contributed by atoms with E-state index < -0.39 is 30.1 Å². The third-order valence-electron chi connectivity index (χ3n) is 2.96. The van der Waals surface area contributed by atoms with E-state index in [1.54, 1.807) is 0 Å². The lowest BCUT2D eigenvalue weighted by Crippen LogP contribution is -2.22. The highest BCUT2D eigenvalue weighted by atomic mass is 19.1. The lowest BCUT2D eigenvalue weighted by Gasteiger charge is -2.07. The average molecular weight is 269 g/mol. The number of carbonyl (C=O) groups excluding carboxylic acids is 2. The Balaban J connectivity index is 1.84. The summed E-state index contributed by atoms with van der Waals surface area (Å²) in [5.74, 6) is -2.40. The van der Waals surface area contributed by atoms with Crippen LogP contribution in [0.4, 0.5) is 14.5 Å². The van der Waals surface area contributed by atoms with Crippen molar-refractivity contribution >= 4 is 17.6 Å². The van der Waals surface area contributed by atoms with Gasteiger partial charge in [0.1, 0.15) is 11.6 Å². The van der Waals surface area contributed by atoms with Crippen LogP contribution in [0.2, 0.25) is 0 Å². The number of amides is 1. The summed E-state index contributed by atoms with van der Waals surface area (Å²) in [6, 6.07) is 2.71. The van der Waals surface area contributed by atoms with Crippen LogP contribution in [0.1, 0.15) is 13.3 Å². The second-order valence-corrected chi connectivity index (χ2v) is 4.60. The molecule has 1 amide bonds. The van der Waals surface area contributed by atoms with E-state index >= 15 is 0 Å². The zero-order valence-electron chi connectivity index (χ0n) is 10.3. The quantitative estimate of drug-likeness (QED) is 0.852. The summed E-state index contributed by atoms with van der Waals surface area (Å²) in [6.07, 6.45) is 0.763. The molecule has 0 radical (unpaired) electrons. The van der Waals surface area contributed by atoms with Gasteiger partial charge in [-0.05, 0) is 24.5 Å². The summed E-state index contributed by atoms with van der Waals surface area (Å²) in [6.45, 7) is 1.41. The Morgan fingerprint density at radius 3 is 2.74 bits per heavy atom. The number of ether oxygens (including phenoxy) is 1. The van der Waals surface area contributed by atoms with Gasteiger partial charge in [0.05, 0.1) is 11.6 Å². The Morgan fingerprint density at radius 1 is 1.42 bits per heavy atom. The summed E-state index contributed by atoms with van der Waals surface area (Å²) in [5, 5.41) is 2.15. The number of benzene rings is 1. The Labute approximate surface area is 108 Å². The van der Waals surface area contributed by atoms with Crippen molar-refractivity contribution in [3.05, 3.63) is 29.8 Å². The number of hydrogen-bond donors (Lipinski definition) is 1. The first-order valence-electron chi connectivity index (χ1n) is 5.89. The fourth-order valence-electron chi connectivity index (χ4n) is 1.67. The van der Waals surface area contributed by atoms with Crippen LogP contribution in [-0.2, 0) is 14.3 Å². The van der Waals surface area contributed by atoms with Crippen molar-refractivity contribution in [2.75, 3.05) is 11.9 Å². The second kappa shape index (κ2) is 5.34. The molecule has 2 atom stereocenters. The molecule has 19 heavy (non-hydrogen) atoms. The molecule has 1 aliphatic carbocycles. The maximum Gasteiger partial charge on any atom is 0.309 e. The fourth-order valence-corrected chi connectivity index (χ4v) is 1.67. The van der Waals surface area contributed by atoms with E-state index in [2.05, 4.69) is 5.32 Å². The molecule has 0 heterocycles. The second-order valence-electron chi connectivity index (χ2n) is 4.60. The third-order valence-corrected chi connectivity index (χ3v) is 2.96. The van der Waals surface area contributed by atoms with Gasteiger partial charge in [0, 0.05) is 6.07 Å². The van der Waals surface area contributed by atoms with Crippen molar-refractivity contribution in [3.8, 4) is 0 Å². The summed E-state index contributed by atoms with van der Waals surface area (Å²) in [7, 11) is 0. The van der Waals surface area contributed by atoms with Gasteiger partial charge in [-0.3, -0.25) is 9.59 Å². The van der Waals surface area contributed by atoms with E-state index in [9.17, 15) is 18.4 Å². The average Bonchev–Trinajstić information content (AvgIpc) is 3.08. The summed E-state index contributed by atoms with van der Waals surface area (Å²) >= 11 is 0. The molecule has 6 heteroatoms. The molecular formula is C13H13F2NO3. The Bertz CT molecular complexity index is 519. The number of halogens is 2. The van der Waals surface area contributed by atoms with E-state index in [-0.39, 0.29) is 17.5 Å². The number of rotatable bonds is 4. The van der Waals surface area contributed by atoms with E-state index in [4.69, 9.17) is 4.74 Å². The van der Waals surface area contributed by atoms with Crippen LogP contribution in [-0.4, -0.2) is 18.5 Å². The minimum Gasteiger partial charge on any atom is -0.455 e. The molecule has 2 rings (SSSR count). The van der Waals surface area contributed by atoms with Gasteiger partial charge in [-0.1, -0.05) is 6.92 Å². The first-order valence-corrected chi connectivity index (χ1v) is 5.89. The van der Waals surface area contributed by atoms with Crippen molar-refractivity contribution in [2.45, 2.75) is 13.3 Å². The molecule has 1 N–H and O–H groups in total. The molecule has 4 nitrogen and oxygen atoms in total. The minimum atomic E-state index is -0.753. The van der Waals surface area contributed by atoms with Gasteiger partial charge in [0.2, 0.25) is 0 Å². The van der Waals surface area contributed by atoms with Crippen LogP contribution < -0.4 is 5.32 Å². The normalized spacial score (nSPS) is 20.8. The van der Waals surface area contributed by atoms with Crippen LogP contribution in [0.3, 0.4) is 0 Å². The molecule has 0 spiro atoms. The number of esters is 1. The summed E-state index contributed by atoms with van der Waals surface area (Å²) < 4.78 is 30.9. The zero-order chi connectivity index (χ0) is 14.0. The minimum absolute atomic E-state index is 0.140. The van der Waals surface area contributed by atoms with Gasteiger partial charge in [-0.15, -0.1) is 0 Å². The molecule has 102 valence electrons. The number of nitrogens with one attached hydrogen (secondary N) is 1. The SMILES string of the molecule is C[C@H]1C[C@@H]1C(=O)OCC(=O)Nc1cc(F)ccc1F. The molecule has 1 fully saturated rings. The van der Waals surface area contributed by atoms with Crippen molar-refractivity contribution in [2.24, 2.45) is 11.8 Å². The standard InChI is InChI=1S/C13H13F2NO3/c1-7-4-9(7)13(18)19-6-12(17)16-11-5-8(14)2-3-10(11)15/h2-3,5,7,9H,4,6H2,1H3,(H,16,17)/t7-,9-/m0/s1. The number of hydrogen-bond acceptors (Lipinski definition) is 3. The highest BCUT2D eigenvalue weighted by molar-refractivity contribution is 5.93. The predicted molar refractivity (Wildman–Crippen MR) is 63.2 cm³/mol. The molecule has 1 aromatic rings. The lowest BCUT2D eigenvalue weighted by molar-refractivity contribution is -0.148. The van der Waals surface area contributed by atoms with Crippen molar-refractivity contribution in [3.63, 3.8) is 0 Å². The van der Waals surface area contributed by atoms with Crippen LogP contribution in [0.5, 0.6) is 0 Å². The summed E-state index contributed by atoms with van der Waals surface area (Å²) in [5.41, 5.74) is -0.277. The monoisotopic (exact) mass is 269 g/mol. The van der Waals surface area contributed by atoms with Gasteiger partial charge < -0.3 is 10.1 Å². The highest BCUT2D eigenvalue weighted by Gasteiger charge is 2.40. The number of carbonyl (C=O) groups is 2. The van der Waals surface area contributed by atoms with Crippen LogP contribution in [0.15, 0.2) is 18.2 Å². The van der Waals surface area contributed by atoms with Gasteiger partial charge >= 0.3 is 5.97 Å². The van der Waals surface area contributed by atoms with Gasteiger partial charge in [0.25, 0.3) is 5.91 Å². The molecular weight excluding hydrogens is 256 g/mol. The first-order chi connectivity index (χ1) is 8.97. The molecule has 1 aromatic carbocycles. The summed E-state index contributed by atoms with van der Waals surface area (Å²) in [4.78, 5) is 22.8. The van der Waals surface area contributed by atoms with E-state index in [1.165, 1.54) is 0 Å². The fraction of sp³-hybridized carbons (Fsp3) is 0.385. The molecule has 0 bridgehead atoms. The smallest absolute Gasteiger partial charge is 0.309 e. The largest absolute Gasteiger partial charge is 0.455 e.